The van der Waals surface area contributed by atoms with Gasteiger partial charge >= 0.3 is 0 Å². The van der Waals surface area contributed by atoms with Crippen LogP contribution in [-0.2, 0) is 4.74 Å². The molecule has 1 atom stereocenters. The fraction of sp³-hybridized carbons (Fsp3) is 0.579. The fourth-order valence-electron chi connectivity index (χ4n) is 3.92. The van der Waals surface area contributed by atoms with Crippen LogP contribution in [0.2, 0.25) is 0 Å². The molecule has 1 amide bonds. The number of likely N-dealkylation sites (N-methyl/N-ethyl adjacent to an activating group) is 1. The number of piperidine rings is 1. The third-order valence-corrected chi connectivity index (χ3v) is 5.41. The van der Waals surface area contributed by atoms with Crippen molar-refractivity contribution in [2.75, 3.05) is 39.9 Å². The van der Waals surface area contributed by atoms with Gasteiger partial charge in [-0.2, -0.15) is 5.26 Å². The molecule has 24 heavy (non-hydrogen) atoms. The Morgan fingerprint density at radius 1 is 1.46 bits per heavy atom. The lowest BCUT2D eigenvalue weighted by molar-refractivity contribution is -0.0751. The van der Waals surface area contributed by atoms with Crippen molar-refractivity contribution in [3.8, 4) is 6.07 Å². The number of ether oxygens (including phenoxy) is 1. The minimum absolute atomic E-state index is 0.0260. The normalized spacial score (nSPS) is 22.9. The van der Waals surface area contributed by atoms with Crippen molar-refractivity contribution in [1.29, 1.82) is 5.26 Å². The molecule has 0 radical (unpaired) electrons. The van der Waals surface area contributed by atoms with Crippen LogP contribution in [0.4, 0.5) is 0 Å². The highest BCUT2D eigenvalue weighted by molar-refractivity contribution is 5.95. The molecule has 2 fully saturated rings. The number of benzene rings is 1. The number of carbonyl (C=O) groups is 1. The van der Waals surface area contributed by atoms with Gasteiger partial charge in [0.05, 0.1) is 17.2 Å². The lowest BCUT2D eigenvalue weighted by atomic mass is 9.75. The molecule has 5 heteroatoms. The van der Waals surface area contributed by atoms with Crippen molar-refractivity contribution in [3.63, 3.8) is 0 Å². The smallest absolute Gasteiger partial charge is 0.254 e. The Bertz CT molecular complexity index is 644. The maximum Gasteiger partial charge on any atom is 0.254 e. The van der Waals surface area contributed by atoms with Crippen LogP contribution in [0.1, 0.15) is 35.7 Å². The molecule has 1 aromatic rings. The number of hydrogen-bond donors (Lipinski definition) is 0. The van der Waals surface area contributed by atoms with E-state index in [0.29, 0.717) is 17.0 Å². The van der Waals surface area contributed by atoms with Crippen molar-refractivity contribution in [3.05, 3.63) is 35.4 Å². The Hall–Kier alpha value is -1.90. The number of nitrogens with zero attached hydrogens (tertiary/aromatic N) is 3. The highest BCUT2D eigenvalue weighted by Gasteiger charge is 2.50. The first-order valence-electron chi connectivity index (χ1n) is 8.66. The van der Waals surface area contributed by atoms with Crippen LogP contribution in [0.3, 0.4) is 0 Å². The summed E-state index contributed by atoms with van der Waals surface area (Å²) in [6.45, 7) is 6.21. The maximum atomic E-state index is 12.7. The standard InChI is InChI=1S/C19H25N3O2/c1-3-24-12-16-7-8-21(2)19(10-16)13-22(14-19)18(23)17-6-4-5-15(9-17)11-20/h4-6,9,16H,3,7-8,10,12-14H2,1-2H3/t16-/m1/s1. The van der Waals surface area contributed by atoms with Crippen molar-refractivity contribution in [2.24, 2.45) is 5.92 Å². The van der Waals surface area contributed by atoms with E-state index in [1.807, 2.05) is 11.8 Å². The predicted molar refractivity (Wildman–Crippen MR) is 91.6 cm³/mol. The number of rotatable bonds is 4. The molecular formula is C19H25N3O2. The Labute approximate surface area is 143 Å². The first-order chi connectivity index (χ1) is 11.6. The zero-order valence-electron chi connectivity index (χ0n) is 14.5. The second kappa shape index (κ2) is 6.92. The Kier molecular flexibility index (Phi) is 4.88. The molecule has 1 spiro atoms. The lowest BCUT2D eigenvalue weighted by Crippen LogP contribution is -2.72. The molecule has 0 bridgehead atoms. The molecule has 5 nitrogen and oxygen atoms in total. The summed E-state index contributed by atoms with van der Waals surface area (Å²) in [5.41, 5.74) is 1.23. The molecule has 3 rings (SSSR count). The predicted octanol–water partition coefficient (Wildman–Crippen LogP) is 2.13. The molecule has 0 unspecified atom stereocenters. The minimum Gasteiger partial charge on any atom is -0.381 e. The van der Waals surface area contributed by atoms with E-state index in [1.54, 1.807) is 24.3 Å². The SMILES string of the molecule is CCOC[C@@H]1CCN(C)C2(C1)CN(C(=O)c1cccc(C#N)c1)C2. The Balaban J connectivity index is 1.64. The Morgan fingerprint density at radius 2 is 2.25 bits per heavy atom. The molecular weight excluding hydrogens is 302 g/mol. The average molecular weight is 327 g/mol. The molecule has 128 valence electrons. The number of carbonyl (C=O) groups excluding carboxylic acids is 1. The van der Waals surface area contributed by atoms with E-state index in [4.69, 9.17) is 10.00 Å². The van der Waals surface area contributed by atoms with E-state index in [9.17, 15) is 4.79 Å². The fourth-order valence-corrected chi connectivity index (χ4v) is 3.92. The van der Waals surface area contributed by atoms with E-state index in [1.165, 1.54) is 0 Å². The topological polar surface area (TPSA) is 56.6 Å². The number of amides is 1. The average Bonchev–Trinajstić information content (AvgIpc) is 2.58. The van der Waals surface area contributed by atoms with Crippen LogP contribution in [0.5, 0.6) is 0 Å². The van der Waals surface area contributed by atoms with Gasteiger partial charge < -0.3 is 9.64 Å². The lowest BCUT2D eigenvalue weighted by Gasteiger charge is -2.58. The molecule has 2 heterocycles. The molecule has 1 aromatic carbocycles. The molecule has 2 aliphatic heterocycles. The zero-order chi connectivity index (χ0) is 17.2. The summed E-state index contributed by atoms with van der Waals surface area (Å²) in [7, 11) is 2.16. The first-order valence-corrected chi connectivity index (χ1v) is 8.66. The third-order valence-electron chi connectivity index (χ3n) is 5.41. The quantitative estimate of drug-likeness (QED) is 0.850. The van der Waals surface area contributed by atoms with Gasteiger partial charge in [-0.05, 0) is 57.5 Å². The summed E-state index contributed by atoms with van der Waals surface area (Å²) in [5.74, 6) is 0.610. The van der Waals surface area contributed by atoms with E-state index in [-0.39, 0.29) is 11.4 Å². The molecule has 2 saturated heterocycles. The van der Waals surface area contributed by atoms with Gasteiger partial charge in [-0.1, -0.05) is 6.07 Å². The van der Waals surface area contributed by atoms with Gasteiger partial charge in [0, 0.05) is 31.9 Å². The largest absolute Gasteiger partial charge is 0.381 e. The van der Waals surface area contributed by atoms with Crippen LogP contribution in [0.25, 0.3) is 0 Å². The van der Waals surface area contributed by atoms with Gasteiger partial charge in [0.1, 0.15) is 0 Å². The summed E-state index contributed by atoms with van der Waals surface area (Å²) in [6.07, 6.45) is 2.25. The summed E-state index contributed by atoms with van der Waals surface area (Å²) >= 11 is 0. The van der Waals surface area contributed by atoms with Gasteiger partial charge in [0.15, 0.2) is 0 Å². The van der Waals surface area contributed by atoms with Crippen LogP contribution in [-0.4, -0.2) is 61.1 Å². The van der Waals surface area contributed by atoms with Crippen molar-refractivity contribution >= 4 is 5.91 Å². The van der Waals surface area contributed by atoms with E-state index >= 15 is 0 Å². The third kappa shape index (κ3) is 3.17. The molecule has 2 aliphatic rings. The van der Waals surface area contributed by atoms with Gasteiger partial charge in [0.2, 0.25) is 0 Å². The van der Waals surface area contributed by atoms with E-state index < -0.39 is 0 Å². The molecule has 0 saturated carbocycles. The summed E-state index contributed by atoms with van der Waals surface area (Å²) < 4.78 is 5.61. The van der Waals surface area contributed by atoms with Crippen LogP contribution in [0.15, 0.2) is 24.3 Å². The maximum absolute atomic E-state index is 12.7. The zero-order valence-corrected chi connectivity index (χ0v) is 14.5. The van der Waals surface area contributed by atoms with Crippen LogP contribution in [0, 0.1) is 17.2 Å². The molecule has 0 aliphatic carbocycles. The van der Waals surface area contributed by atoms with Gasteiger partial charge in [-0.15, -0.1) is 0 Å². The van der Waals surface area contributed by atoms with Crippen LogP contribution >= 0.6 is 0 Å². The highest BCUT2D eigenvalue weighted by atomic mass is 16.5. The van der Waals surface area contributed by atoms with Gasteiger partial charge in [0.25, 0.3) is 5.91 Å². The van der Waals surface area contributed by atoms with Crippen molar-refractivity contribution < 1.29 is 9.53 Å². The summed E-state index contributed by atoms with van der Waals surface area (Å²) in [5, 5.41) is 8.99. The molecule has 0 N–H and O–H groups in total. The van der Waals surface area contributed by atoms with Crippen molar-refractivity contribution in [1.82, 2.24) is 9.80 Å². The van der Waals surface area contributed by atoms with Crippen molar-refractivity contribution in [2.45, 2.75) is 25.3 Å². The van der Waals surface area contributed by atoms with Gasteiger partial charge in [-0.3, -0.25) is 9.69 Å². The van der Waals surface area contributed by atoms with Gasteiger partial charge in [-0.25, -0.2) is 0 Å². The van der Waals surface area contributed by atoms with Crippen LogP contribution < -0.4 is 0 Å². The first kappa shape index (κ1) is 16.9. The highest BCUT2D eigenvalue weighted by Crippen LogP contribution is 2.38. The van der Waals surface area contributed by atoms with E-state index in [2.05, 4.69) is 18.0 Å². The second-order valence-electron chi connectivity index (χ2n) is 7.02. The number of likely N-dealkylation sites (tertiary alicyclic amines) is 2. The number of hydrogen-bond acceptors (Lipinski definition) is 4. The summed E-state index contributed by atoms with van der Waals surface area (Å²) in [6, 6.07) is 9.05. The summed E-state index contributed by atoms with van der Waals surface area (Å²) in [4.78, 5) is 17.0. The number of nitriles is 1. The molecule has 0 aromatic heterocycles. The van der Waals surface area contributed by atoms with E-state index in [0.717, 1.165) is 45.7 Å². The second-order valence-corrected chi connectivity index (χ2v) is 7.02. The monoisotopic (exact) mass is 327 g/mol. The Morgan fingerprint density at radius 3 is 2.96 bits per heavy atom. The minimum atomic E-state index is 0.0260.